The van der Waals surface area contributed by atoms with Crippen LogP contribution in [0.1, 0.15) is 46.0 Å². The van der Waals surface area contributed by atoms with Gasteiger partial charge in [0.2, 0.25) is 5.91 Å². The second-order valence-electron chi connectivity index (χ2n) is 5.31. The number of fused-ring (bicyclic) bond motifs is 1. The van der Waals surface area contributed by atoms with Crippen molar-refractivity contribution in [1.29, 1.82) is 5.26 Å². The Morgan fingerprint density at radius 3 is 3.06 bits per heavy atom. The van der Waals surface area contributed by atoms with Gasteiger partial charge in [-0.05, 0) is 32.6 Å². The number of piperidine rings is 1. The van der Waals surface area contributed by atoms with Crippen molar-refractivity contribution in [2.24, 2.45) is 0 Å². The minimum absolute atomic E-state index is 0.0859. The van der Waals surface area contributed by atoms with E-state index in [2.05, 4.69) is 25.2 Å². The third kappa shape index (κ3) is 2.04. The third-order valence-corrected chi connectivity index (χ3v) is 4.14. The van der Waals surface area contributed by atoms with E-state index in [9.17, 15) is 10.1 Å². The zero-order valence-corrected chi connectivity index (χ0v) is 10.7. The number of amides is 1. The van der Waals surface area contributed by atoms with Crippen LogP contribution < -0.4 is 5.32 Å². The smallest absolute Gasteiger partial charge is 0.225 e. The van der Waals surface area contributed by atoms with Crippen molar-refractivity contribution in [2.45, 2.75) is 63.6 Å². The Kier molecular flexibility index (Phi) is 3.39. The molecule has 3 atom stereocenters. The fraction of sp³-hybridized carbons (Fsp3) is 0.846. The molecule has 2 aliphatic heterocycles. The molecule has 17 heavy (non-hydrogen) atoms. The van der Waals surface area contributed by atoms with Gasteiger partial charge >= 0.3 is 0 Å². The molecule has 2 rings (SSSR count). The molecular formula is C13H21N3O. The number of carbonyl (C=O) groups excluding carboxylic acids is 1. The zero-order valence-electron chi connectivity index (χ0n) is 10.7. The van der Waals surface area contributed by atoms with Crippen LogP contribution >= 0.6 is 0 Å². The molecule has 0 aromatic rings. The summed E-state index contributed by atoms with van der Waals surface area (Å²) in [6, 6.07) is 2.77. The van der Waals surface area contributed by atoms with E-state index in [1.165, 1.54) is 0 Å². The second-order valence-corrected chi connectivity index (χ2v) is 5.31. The highest BCUT2D eigenvalue weighted by Gasteiger charge is 2.53. The van der Waals surface area contributed by atoms with Crippen LogP contribution in [-0.4, -0.2) is 35.0 Å². The van der Waals surface area contributed by atoms with Crippen LogP contribution in [0.25, 0.3) is 0 Å². The van der Waals surface area contributed by atoms with E-state index in [0.717, 1.165) is 32.2 Å². The molecule has 0 spiro atoms. The number of rotatable bonds is 3. The molecule has 0 saturated carbocycles. The third-order valence-electron chi connectivity index (χ3n) is 4.14. The van der Waals surface area contributed by atoms with Gasteiger partial charge in [-0.3, -0.25) is 10.1 Å². The van der Waals surface area contributed by atoms with E-state index >= 15 is 0 Å². The number of carbonyl (C=O) groups is 1. The van der Waals surface area contributed by atoms with Gasteiger partial charge in [-0.15, -0.1) is 0 Å². The first-order valence-corrected chi connectivity index (χ1v) is 6.61. The summed E-state index contributed by atoms with van der Waals surface area (Å²) in [6.07, 6.45) is 4.48. The molecule has 4 heteroatoms. The molecule has 0 aliphatic carbocycles. The van der Waals surface area contributed by atoms with Crippen LogP contribution in [-0.2, 0) is 4.79 Å². The van der Waals surface area contributed by atoms with Crippen LogP contribution in [0, 0.1) is 11.3 Å². The minimum Gasteiger partial charge on any atom is -0.337 e. The van der Waals surface area contributed by atoms with E-state index < -0.39 is 5.54 Å². The van der Waals surface area contributed by atoms with Gasteiger partial charge in [-0.2, -0.15) is 5.26 Å². The van der Waals surface area contributed by atoms with E-state index in [-0.39, 0.29) is 18.0 Å². The van der Waals surface area contributed by atoms with Crippen molar-refractivity contribution < 1.29 is 4.79 Å². The van der Waals surface area contributed by atoms with Crippen LogP contribution in [0.5, 0.6) is 0 Å². The number of hydrogen-bond acceptors (Lipinski definition) is 3. The van der Waals surface area contributed by atoms with Crippen molar-refractivity contribution in [3.8, 4) is 6.07 Å². The molecule has 2 aliphatic rings. The molecule has 1 amide bonds. The molecule has 4 nitrogen and oxygen atoms in total. The van der Waals surface area contributed by atoms with Gasteiger partial charge in [-0.25, -0.2) is 0 Å². The Labute approximate surface area is 103 Å². The molecule has 94 valence electrons. The molecule has 0 aromatic heterocycles. The Bertz CT molecular complexity index is 349. The van der Waals surface area contributed by atoms with Crippen molar-refractivity contribution >= 4 is 5.91 Å². The SMILES string of the molecule is CCC(C)NC1(C#N)CC(=O)N2CCCCC21. The first kappa shape index (κ1) is 12.4. The summed E-state index contributed by atoms with van der Waals surface area (Å²) in [6.45, 7) is 5.00. The summed E-state index contributed by atoms with van der Waals surface area (Å²) >= 11 is 0. The van der Waals surface area contributed by atoms with Crippen LogP contribution in [0.4, 0.5) is 0 Å². The summed E-state index contributed by atoms with van der Waals surface area (Å²) in [5, 5.41) is 12.9. The lowest BCUT2D eigenvalue weighted by Crippen LogP contribution is -2.57. The van der Waals surface area contributed by atoms with E-state index in [1.54, 1.807) is 0 Å². The first-order valence-electron chi connectivity index (χ1n) is 6.61. The molecule has 3 unspecified atom stereocenters. The molecule has 2 fully saturated rings. The summed E-state index contributed by atoms with van der Waals surface area (Å²) < 4.78 is 0. The van der Waals surface area contributed by atoms with Gasteiger partial charge in [0.05, 0.1) is 18.5 Å². The Morgan fingerprint density at radius 1 is 1.65 bits per heavy atom. The maximum absolute atomic E-state index is 12.0. The number of nitrogens with zero attached hydrogens (tertiary/aromatic N) is 2. The normalized spacial score (nSPS) is 34.3. The molecule has 0 radical (unpaired) electrons. The monoisotopic (exact) mass is 235 g/mol. The average molecular weight is 235 g/mol. The largest absolute Gasteiger partial charge is 0.337 e. The lowest BCUT2D eigenvalue weighted by Gasteiger charge is -2.38. The van der Waals surface area contributed by atoms with Gasteiger partial charge in [0.25, 0.3) is 0 Å². The summed E-state index contributed by atoms with van der Waals surface area (Å²) in [4.78, 5) is 13.9. The summed E-state index contributed by atoms with van der Waals surface area (Å²) in [5.41, 5.74) is -0.646. The van der Waals surface area contributed by atoms with Crippen molar-refractivity contribution in [3.05, 3.63) is 0 Å². The predicted molar refractivity (Wildman–Crippen MR) is 65.2 cm³/mol. The van der Waals surface area contributed by atoms with Crippen LogP contribution in [0.2, 0.25) is 0 Å². The fourth-order valence-electron chi connectivity index (χ4n) is 3.04. The summed E-state index contributed by atoms with van der Waals surface area (Å²) in [5.74, 6) is 0.145. The Balaban J connectivity index is 2.22. The number of nitriles is 1. The van der Waals surface area contributed by atoms with Gasteiger partial charge < -0.3 is 4.90 Å². The predicted octanol–water partition coefficient (Wildman–Crippen LogP) is 1.42. The highest BCUT2D eigenvalue weighted by Crippen LogP contribution is 2.36. The number of nitrogens with one attached hydrogen (secondary N) is 1. The molecule has 0 bridgehead atoms. The van der Waals surface area contributed by atoms with Gasteiger partial charge in [0, 0.05) is 12.6 Å². The van der Waals surface area contributed by atoms with E-state index in [0.29, 0.717) is 6.42 Å². The molecule has 2 heterocycles. The zero-order chi connectivity index (χ0) is 12.5. The first-order chi connectivity index (χ1) is 8.13. The van der Waals surface area contributed by atoms with Crippen molar-refractivity contribution in [3.63, 3.8) is 0 Å². The molecule has 1 N–H and O–H groups in total. The highest BCUT2D eigenvalue weighted by atomic mass is 16.2. The fourth-order valence-corrected chi connectivity index (χ4v) is 3.04. The second kappa shape index (κ2) is 4.66. The lowest BCUT2D eigenvalue weighted by atomic mass is 9.86. The summed E-state index contributed by atoms with van der Waals surface area (Å²) in [7, 11) is 0. The van der Waals surface area contributed by atoms with E-state index in [1.807, 2.05) is 4.90 Å². The Morgan fingerprint density at radius 2 is 2.41 bits per heavy atom. The van der Waals surface area contributed by atoms with E-state index in [4.69, 9.17) is 0 Å². The lowest BCUT2D eigenvalue weighted by molar-refractivity contribution is -0.129. The van der Waals surface area contributed by atoms with Crippen molar-refractivity contribution in [1.82, 2.24) is 10.2 Å². The maximum Gasteiger partial charge on any atom is 0.225 e. The standard InChI is InChI=1S/C13H21N3O/c1-3-10(2)15-13(9-14)8-12(17)16-7-5-4-6-11(13)16/h10-11,15H,3-8H2,1-2H3. The van der Waals surface area contributed by atoms with Crippen LogP contribution in [0.15, 0.2) is 0 Å². The van der Waals surface area contributed by atoms with Gasteiger partial charge in [0.1, 0.15) is 5.54 Å². The van der Waals surface area contributed by atoms with Gasteiger partial charge in [0.15, 0.2) is 0 Å². The topological polar surface area (TPSA) is 56.1 Å². The molecule has 2 saturated heterocycles. The van der Waals surface area contributed by atoms with Gasteiger partial charge in [-0.1, -0.05) is 6.92 Å². The number of hydrogen-bond donors (Lipinski definition) is 1. The molecule has 0 aromatic carbocycles. The quantitative estimate of drug-likeness (QED) is 0.805. The molecular weight excluding hydrogens is 214 g/mol. The highest BCUT2D eigenvalue weighted by molar-refractivity contribution is 5.82. The van der Waals surface area contributed by atoms with Crippen molar-refractivity contribution in [2.75, 3.05) is 6.54 Å². The maximum atomic E-state index is 12.0. The van der Waals surface area contributed by atoms with Crippen LogP contribution in [0.3, 0.4) is 0 Å². The minimum atomic E-state index is -0.646. The Hall–Kier alpha value is -1.08. The average Bonchev–Trinajstić information content (AvgIpc) is 2.64.